The molecule has 0 aromatic heterocycles. The maximum Gasteiger partial charge on any atom is 0.387 e. The number of methoxy groups -OCH3 is 2. The Balaban J connectivity index is 1.73. The van der Waals surface area contributed by atoms with Crippen molar-refractivity contribution in [1.29, 1.82) is 0 Å². The first-order valence-electron chi connectivity index (χ1n) is 9.94. The lowest BCUT2D eigenvalue weighted by atomic mass is 10.2. The molecule has 2 aromatic carbocycles. The number of ether oxygens (including phenoxy) is 3. The lowest BCUT2D eigenvalue weighted by Crippen LogP contribution is -2.35. The zero-order valence-corrected chi connectivity index (χ0v) is 18.8. The second-order valence-electron chi connectivity index (χ2n) is 6.81. The van der Waals surface area contributed by atoms with Gasteiger partial charge in [0.05, 0.1) is 31.6 Å². The summed E-state index contributed by atoms with van der Waals surface area (Å²) in [4.78, 5) is 31.5. The molecule has 33 heavy (non-hydrogen) atoms. The molecule has 1 unspecified atom stereocenters. The van der Waals surface area contributed by atoms with Crippen molar-refractivity contribution in [2.24, 2.45) is 4.99 Å². The van der Waals surface area contributed by atoms with Crippen LogP contribution >= 0.6 is 11.8 Å². The quantitative estimate of drug-likeness (QED) is 0.556. The summed E-state index contributed by atoms with van der Waals surface area (Å²) in [5.74, 6) is -0.0823. The van der Waals surface area contributed by atoms with Crippen LogP contribution in [0, 0.1) is 0 Å². The second kappa shape index (κ2) is 11.6. The average Bonchev–Trinajstić information content (AvgIpc) is 3.07. The number of carbonyl (C=O) groups is 2. The van der Waals surface area contributed by atoms with Gasteiger partial charge >= 0.3 is 6.61 Å². The standard InChI is InChI=1S/C22H23F2N3O5S/c1-30-12-11-27-20(29)18(13-19(28)26-16-5-3-4-6-17(16)31-2)33-22(27)25-14-7-9-15(10-8-14)32-21(23)24/h3-10,18,21H,11-13H2,1-2H3,(H,26,28). The first-order chi connectivity index (χ1) is 15.9. The molecule has 176 valence electrons. The Bertz CT molecular complexity index is 1000. The Labute approximate surface area is 193 Å². The number of amidine groups is 1. The molecule has 1 heterocycles. The molecule has 0 bridgehead atoms. The monoisotopic (exact) mass is 479 g/mol. The number of benzene rings is 2. The summed E-state index contributed by atoms with van der Waals surface area (Å²) >= 11 is 1.16. The Morgan fingerprint density at radius 2 is 1.91 bits per heavy atom. The number of amides is 2. The van der Waals surface area contributed by atoms with Crippen LogP contribution in [0.3, 0.4) is 0 Å². The van der Waals surface area contributed by atoms with Crippen molar-refractivity contribution in [2.45, 2.75) is 18.3 Å². The fourth-order valence-electron chi connectivity index (χ4n) is 3.04. The lowest BCUT2D eigenvalue weighted by molar-refractivity contribution is -0.128. The Kier molecular flexibility index (Phi) is 8.61. The van der Waals surface area contributed by atoms with E-state index >= 15 is 0 Å². The number of thioether (sulfide) groups is 1. The smallest absolute Gasteiger partial charge is 0.387 e. The molecule has 1 aliphatic heterocycles. The van der Waals surface area contributed by atoms with E-state index in [1.54, 1.807) is 24.3 Å². The zero-order valence-electron chi connectivity index (χ0n) is 18.0. The third-order valence-corrected chi connectivity index (χ3v) is 5.75. The van der Waals surface area contributed by atoms with Gasteiger partial charge in [-0.05, 0) is 36.4 Å². The molecule has 1 atom stereocenters. The van der Waals surface area contributed by atoms with Crippen molar-refractivity contribution in [3.05, 3.63) is 48.5 Å². The maximum absolute atomic E-state index is 13.0. The molecule has 2 aromatic rings. The van der Waals surface area contributed by atoms with Crippen LogP contribution in [0.25, 0.3) is 0 Å². The minimum Gasteiger partial charge on any atom is -0.495 e. The minimum absolute atomic E-state index is 0.00577. The molecule has 0 radical (unpaired) electrons. The van der Waals surface area contributed by atoms with Crippen LogP contribution in [0.5, 0.6) is 11.5 Å². The van der Waals surface area contributed by atoms with Crippen LogP contribution < -0.4 is 14.8 Å². The zero-order chi connectivity index (χ0) is 23.8. The van der Waals surface area contributed by atoms with Gasteiger partial charge in [-0.15, -0.1) is 0 Å². The number of anilines is 1. The SMILES string of the molecule is COCCN1C(=O)C(CC(=O)Nc2ccccc2OC)SC1=Nc1ccc(OC(F)F)cc1. The number of nitrogens with one attached hydrogen (secondary N) is 1. The van der Waals surface area contributed by atoms with Gasteiger partial charge in [0, 0.05) is 13.5 Å². The van der Waals surface area contributed by atoms with Gasteiger partial charge in [0.1, 0.15) is 16.7 Å². The highest BCUT2D eigenvalue weighted by Crippen LogP contribution is 2.33. The van der Waals surface area contributed by atoms with Crippen molar-refractivity contribution in [3.8, 4) is 11.5 Å². The van der Waals surface area contributed by atoms with E-state index in [-0.39, 0.29) is 37.1 Å². The number of carbonyl (C=O) groups excluding carboxylic acids is 2. The van der Waals surface area contributed by atoms with Gasteiger partial charge in [0.25, 0.3) is 0 Å². The van der Waals surface area contributed by atoms with E-state index in [1.165, 1.54) is 43.4 Å². The average molecular weight is 480 g/mol. The van der Waals surface area contributed by atoms with E-state index < -0.39 is 11.9 Å². The minimum atomic E-state index is -2.92. The Morgan fingerprint density at radius 1 is 1.18 bits per heavy atom. The van der Waals surface area contributed by atoms with Crippen LogP contribution in [0.15, 0.2) is 53.5 Å². The molecule has 1 saturated heterocycles. The van der Waals surface area contributed by atoms with E-state index in [9.17, 15) is 18.4 Å². The van der Waals surface area contributed by atoms with Gasteiger partial charge < -0.3 is 19.5 Å². The third kappa shape index (κ3) is 6.65. The molecule has 0 spiro atoms. The first kappa shape index (κ1) is 24.5. The second-order valence-corrected chi connectivity index (χ2v) is 7.98. The van der Waals surface area contributed by atoms with Crippen molar-refractivity contribution in [3.63, 3.8) is 0 Å². The van der Waals surface area contributed by atoms with Gasteiger partial charge in [-0.2, -0.15) is 8.78 Å². The Morgan fingerprint density at radius 3 is 2.58 bits per heavy atom. The van der Waals surface area contributed by atoms with Crippen LogP contribution in [0.1, 0.15) is 6.42 Å². The molecular formula is C22H23F2N3O5S. The molecule has 1 aliphatic rings. The van der Waals surface area contributed by atoms with Crippen LogP contribution in [0.4, 0.5) is 20.2 Å². The largest absolute Gasteiger partial charge is 0.495 e. The van der Waals surface area contributed by atoms with Crippen molar-refractivity contribution >= 4 is 40.1 Å². The normalized spacial score (nSPS) is 17.0. The van der Waals surface area contributed by atoms with Gasteiger partial charge in [-0.3, -0.25) is 14.5 Å². The number of hydrogen-bond acceptors (Lipinski definition) is 7. The summed E-state index contributed by atoms with van der Waals surface area (Å²) in [6.45, 7) is -2.37. The van der Waals surface area contributed by atoms with E-state index in [4.69, 9.17) is 9.47 Å². The van der Waals surface area contributed by atoms with E-state index in [1.807, 2.05) is 0 Å². The summed E-state index contributed by atoms with van der Waals surface area (Å²) in [6.07, 6.45) is -0.0643. The number of rotatable bonds is 10. The summed E-state index contributed by atoms with van der Waals surface area (Å²) in [5.41, 5.74) is 0.963. The molecule has 8 nitrogen and oxygen atoms in total. The molecule has 11 heteroatoms. The van der Waals surface area contributed by atoms with Gasteiger partial charge in [-0.25, -0.2) is 4.99 Å². The van der Waals surface area contributed by atoms with Crippen molar-refractivity contribution < 1.29 is 32.6 Å². The number of nitrogens with zero attached hydrogens (tertiary/aromatic N) is 2. The molecule has 3 rings (SSSR count). The first-order valence-corrected chi connectivity index (χ1v) is 10.8. The predicted molar refractivity (Wildman–Crippen MR) is 121 cm³/mol. The summed E-state index contributed by atoms with van der Waals surface area (Å²) in [6, 6.07) is 12.7. The topological polar surface area (TPSA) is 89.5 Å². The number of hydrogen-bond donors (Lipinski definition) is 1. The molecule has 1 N–H and O–H groups in total. The van der Waals surface area contributed by atoms with Crippen LogP contribution in [-0.2, 0) is 14.3 Å². The van der Waals surface area contributed by atoms with Gasteiger partial charge in [0.2, 0.25) is 11.8 Å². The highest BCUT2D eigenvalue weighted by atomic mass is 32.2. The van der Waals surface area contributed by atoms with E-state index in [2.05, 4.69) is 15.0 Å². The molecule has 0 saturated carbocycles. The van der Waals surface area contributed by atoms with Crippen molar-refractivity contribution in [2.75, 3.05) is 32.7 Å². The number of aliphatic imine (C=N–C) groups is 1. The predicted octanol–water partition coefficient (Wildman–Crippen LogP) is 3.90. The summed E-state index contributed by atoms with van der Waals surface area (Å²) in [7, 11) is 3.02. The third-order valence-electron chi connectivity index (χ3n) is 4.58. The highest BCUT2D eigenvalue weighted by Gasteiger charge is 2.39. The number of halogens is 2. The Hall–Kier alpha value is -3.18. The molecular weight excluding hydrogens is 456 g/mol. The van der Waals surface area contributed by atoms with Crippen LogP contribution in [0.2, 0.25) is 0 Å². The van der Waals surface area contributed by atoms with Gasteiger partial charge in [-0.1, -0.05) is 23.9 Å². The number of alkyl halides is 2. The fraction of sp³-hybridized carbons (Fsp3) is 0.318. The molecule has 1 fully saturated rings. The van der Waals surface area contributed by atoms with E-state index in [0.29, 0.717) is 22.3 Å². The maximum atomic E-state index is 13.0. The molecule has 2 amide bonds. The lowest BCUT2D eigenvalue weighted by Gasteiger charge is -2.16. The number of para-hydroxylation sites is 2. The van der Waals surface area contributed by atoms with Crippen LogP contribution in [-0.4, -0.2) is 61.1 Å². The summed E-state index contributed by atoms with van der Waals surface area (Å²) < 4.78 is 39.3. The van der Waals surface area contributed by atoms with E-state index in [0.717, 1.165) is 11.8 Å². The molecule has 0 aliphatic carbocycles. The highest BCUT2D eigenvalue weighted by molar-refractivity contribution is 8.15. The van der Waals surface area contributed by atoms with Crippen molar-refractivity contribution in [1.82, 2.24) is 4.90 Å². The fourth-order valence-corrected chi connectivity index (χ4v) is 4.23. The van der Waals surface area contributed by atoms with Gasteiger partial charge in [0.15, 0.2) is 5.17 Å². The summed E-state index contributed by atoms with van der Waals surface area (Å²) in [5, 5.41) is 2.49.